The molecule has 5 N–H and O–H groups in total. The smallest absolute Gasteiger partial charge is 0.296 e. The zero-order valence-corrected chi connectivity index (χ0v) is 43.7. The largest absolute Gasteiger partial charge is 0.493 e. The van der Waals surface area contributed by atoms with Crippen molar-refractivity contribution < 1.29 is 66.5 Å². The number of hydrogen-bond donors (Lipinski definition) is 5. The second kappa shape index (κ2) is 23.7. The quantitative estimate of drug-likeness (QED) is 0.0239. The van der Waals surface area contributed by atoms with Gasteiger partial charge in [0.15, 0.2) is 11.3 Å². The molecule has 0 saturated heterocycles. The maximum absolute atomic E-state index is 12.5. The molecular weight excluding hydrogens is 1070 g/mol. The lowest BCUT2D eigenvalue weighted by Gasteiger charge is -2.13. The minimum Gasteiger partial charge on any atom is -0.493 e. The number of nitriles is 1. The normalized spacial score (nSPS) is 12.8. The van der Waals surface area contributed by atoms with Crippen LogP contribution in [0.3, 0.4) is 0 Å². The van der Waals surface area contributed by atoms with Gasteiger partial charge in [0.1, 0.15) is 45.1 Å². The highest BCUT2D eigenvalue weighted by Crippen LogP contribution is 2.43. The van der Waals surface area contributed by atoms with Crippen LogP contribution in [0, 0.1) is 32.1 Å². The van der Waals surface area contributed by atoms with E-state index in [1.54, 1.807) is 39.8 Å². The number of hydrogen-bond acceptors (Lipinski definition) is 21. The Morgan fingerprint density at radius 1 is 0.658 bits per heavy atom. The third-order valence-electron chi connectivity index (χ3n) is 10.5. The van der Waals surface area contributed by atoms with Crippen molar-refractivity contribution in [2.24, 2.45) is 40.9 Å². The number of benzene rings is 4. The van der Waals surface area contributed by atoms with Gasteiger partial charge >= 0.3 is 0 Å². The molecule has 0 fully saturated rings. The molecule has 0 spiro atoms. The van der Waals surface area contributed by atoms with Crippen LogP contribution in [0.25, 0.3) is 17.8 Å². The van der Waals surface area contributed by atoms with Crippen LogP contribution in [-0.4, -0.2) is 91.1 Å². The molecule has 4 aromatic carbocycles. The van der Waals surface area contributed by atoms with Gasteiger partial charge in [-0.05, 0) is 118 Å². The molecule has 0 aliphatic rings. The predicted octanol–water partition coefficient (Wildman–Crippen LogP) is 11.0. The van der Waals surface area contributed by atoms with Crippen molar-refractivity contribution in [1.29, 1.82) is 5.26 Å². The summed E-state index contributed by atoms with van der Waals surface area (Å²) in [6.07, 6.45) is 4.51. The molecule has 26 nitrogen and oxygen atoms in total. The summed E-state index contributed by atoms with van der Waals surface area (Å²) in [7, 11) is -18.2. The Bertz CT molecular complexity index is 3930. The van der Waals surface area contributed by atoms with Gasteiger partial charge in [0, 0.05) is 17.7 Å². The molecule has 2 aromatic heterocycles. The Morgan fingerprint density at radius 3 is 1.64 bits per heavy atom. The zero-order chi connectivity index (χ0) is 55.8. The molecule has 6 rings (SSSR count). The summed E-state index contributed by atoms with van der Waals surface area (Å²) >= 11 is 0. The van der Waals surface area contributed by atoms with Crippen molar-refractivity contribution in [3.8, 4) is 23.4 Å². The van der Waals surface area contributed by atoms with Crippen LogP contribution in [0.5, 0.6) is 17.4 Å². The molecule has 0 saturated carbocycles. The Labute approximate surface area is 435 Å². The average Bonchev–Trinajstić information content (AvgIpc) is 3.71. The van der Waals surface area contributed by atoms with Gasteiger partial charge in [0.05, 0.1) is 63.8 Å². The van der Waals surface area contributed by atoms with Gasteiger partial charge in [-0.2, -0.15) is 59.4 Å². The van der Waals surface area contributed by atoms with Crippen molar-refractivity contribution in [3.05, 3.63) is 113 Å². The molecule has 0 aliphatic carbocycles. The van der Waals surface area contributed by atoms with Gasteiger partial charge in [-0.3, -0.25) is 22.6 Å². The standard InChI is InChI=1S/C46H45N11O15S4/c1-6-10-40-34(7-2)48-45-33(26-47)29(5)44(46(58)57(40)45)56-55-39-22-28(4)37(25-42(39)72-18-9-20-74(62,63)64)53-54-38-21-27(3)36(24-41(38)71-17-8-19-73(59,60)61)52-51-35-16-13-31(23-43(35)76(68,69)70)50-49-30-11-14-32(15-12-30)75(65,66)67/h6-7,10-16,21-25,58H,2,8-9,17-20H2,1,3-5H3,(H,59,60,61)(H,62,63,64)(H,65,66,67)(H,68,69,70)/b10-6-,50-49?,52-51?,54-53?,56-55?. The summed E-state index contributed by atoms with van der Waals surface area (Å²) in [4.78, 5) is 3.36. The van der Waals surface area contributed by atoms with Crippen molar-refractivity contribution in [3.63, 3.8) is 0 Å². The van der Waals surface area contributed by atoms with E-state index >= 15 is 0 Å². The van der Waals surface area contributed by atoms with Crippen LogP contribution < -0.4 is 9.47 Å². The van der Waals surface area contributed by atoms with E-state index in [-0.39, 0.29) is 99.8 Å². The van der Waals surface area contributed by atoms with E-state index in [9.17, 15) is 62.3 Å². The van der Waals surface area contributed by atoms with E-state index in [1.807, 2.05) is 0 Å². The van der Waals surface area contributed by atoms with Gasteiger partial charge in [0.2, 0.25) is 5.88 Å². The number of ether oxygens (including phenoxy) is 2. The highest BCUT2D eigenvalue weighted by molar-refractivity contribution is 7.86. The number of pyridine rings is 1. The van der Waals surface area contributed by atoms with Crippen molar-refractivity contribution in [1.82, 2.24) is 9.38 Å². The number of rotatable bonds is 22. The van der Waals surface area contributed by atoms with E-state index < -0.39 is 67.6 Å². The molecule has 0 unspecified atom stereocenters. The molecule has 0 bridgehead atoms. The summed E-state index contributed by atoms with van der Waals surface area (Å²) in [6.45, 7) is 9.77. The lowest BCUT2D eigenvalue weighted by molar-refractivity contribution is 0.317. The van der Waals surface area contributed by atoms with E-state index in [0.717, 1.165) is 18.2 Å². The molecule has 2 heterocycles. The van der Waals surface area contributed by atoms with Crippen LogP contribution >= 0.6 is 0 Å². The van der Waals surface area contributed by atoms with Crippen LogP contribution in [0.1, 0.15) is 53.4 Å². The first-order valence-electron chi connectivity index (χ1n) is 22.0. The molecule has 0 aliphatic heterocycles. The summed E-state index contributed by atoms with van der Waals surface area (Å²) in [5.41, 5.74) is 2.06. The molecule has 0 amide bonds. The van der Waals surface area contributed by atoms with E-state index in [4.69, 9.17) is 9.47 Å². The first kappa shape index (κ1) is 57.3. The third kappa shape index (κ3) is 14.6. The fourth-order valence-electron chi connectivity index (χ4n) is 6.86. The fraction of sp³-hybridized carbons (Fsp3) is 0.217. The summed E-state index contributed by atoms with van der Waals surface area (Å²) in [5.74, 6) is -1.74. The van der Waals surface area contributed by atoms with E-state index in [2.05, 4.69) is 58.5 Å². The van der Waals surface area contributed by atoms with E-state index in [0.29, 0.717) is 22.5 Å². The molecule has 398 valence electrons. The molecule has 0 radical (unpaired) electrons. The Hall–Kier alpha value is -8.02. The van der Waals surface area contributed by atoms with Crippen LogP contribution in [0.4, 0.5) is 45.5 Å². The lowest BCUT2D eigenvalue weighted by atomic mass is 10.1. The maximum atomic E-state index is 12.5. The molecule has 30 heteroatoms. The number of aromatic nitrogens is 2. The van der Waals surface area contributed by atoms with Gasteiger partial charge < -0.3 is 14.6 Å². The van der Waals surface area contributed by atoms with Crippen LogP contribution in [-0.2, 0) is 40.5 Å². The first-order chi connectivity index (χ1) is 35.7. The summed E-state index contributed by atoms with van der Waals surface area (Å²) in [5, 5.41) is 55.2. The number of aromatic hydroxyl groups is 1. The van der Waals surface area contributed by atoms with Crippen molar-refractivity contribution in [2.75, 3.05) is 24.7 Å². The number of imidazole rings is 1. The second-order valence-corrected chi connectivity index (χ2v) is 22.1. The third-order valence-corrected chi connectivity index (χ3v) is 13.9. The molecular formula is C46H45N11O15S4. The number of azo groups is 4. The highest BCUT2D eigenvalue weighted by Gasteiger charge is 2.23. The van der Waals surface area contributed by atoms with Crippen molar-refractivity contribution >= 4 is 104 Å². The van der Waals surface area contributed by atoms with Crippen LogP contribution in [0.15, 0.2) is 130 Å². The number of fused-ring (bicyclic) bond motifs is 1. The topological polar surface area (TPSA) is 396 Å². The van der Waals surface area contributed by atoms with Crippen LogP contribution in [0.2, 0.25) is 0 Å². The van der Waals surface area contributed by atoms with E-state index in [1.165, 1.54) is 59.0 Å². The minimum absolute atomic E-state index is 0.00871. The SMILES string of the molecule is C=Cc1nc2c(C#N)c(C)c(N=Nc3cc(C)c(N=Nc4cc(C)c(N=Nc5ccc(N=Nc6ccc(S(=O)(=O)O)cc6)cc5S(=O)(=O)O)cc4OCCCS(=O)(=O)O)cc3OCCCS(=O)(=O)O)c(O)n2c1/C=C\C. The number of aryl methyl sites for hydroxylation is 2. The average molecular weight is 1120 g/mol. The van der Waals surface area contributed by atoms with Gasteiger partial charge in [-0.1, -0.05) is 12.7 Å². The molecule has 6 aromatic rings. The lowest BCUT2D eigenvalue weighted by Crippen LogP contribution is -2.08. The Morgan fingerprint density at radius 2 is 1.16 bits per heavy atom. The molecule has 0 atom stereocenters. The van der Waals surface area contributed by atoms with Gasteiger partial charge in [0.25, 0.3) is 40.5 Å². The second-order valence-electron chi connectivity index (χ2n) is 16.1. The Balaban J connectivity index is 1.37. The number of nitrogens with zero attached hydrogens (tertiary/aromatic N) is 11. The van der Waals surface area contributed by atoms with Crippen molar-refractivity contribution in [2.45, 2.75) is 50.3 Å². The zero-order valence-electron chi connectivity index (χ0n) is 40.4. The minimum atomic E-state index is -4.96. The number of allylic oxidation sites excluding steroid dienone is 1. The predicted molar refractivity (Wildman–Crippen MR) is 276 cm³/mol. The summed E-state index contributed by atoms with van der Waals surface area (Å²) < 4.78 is 145. The van der Waals surface area contributed by atoms with Gasteiger partial charge in [-0.15, -0.1) is 20.5 Å². The summed E-state index contributed by atoms with van der Waals surface area (Å²) in [6, 6.07) is 15.8. The highest BCUT2D eigenvalue weighted by atomic mass is 32.2. The molecule has 76 heavy (non-hydrogen) atoms. The monoisotopic (exact) mass is 1120 g/mol. The fourth-order valence-corrected chi connectivity index (χ4v) is 8.95. The first-order valence-corrected chi connectivity index (χ1v) is 28.1. The Kier molecular flexibility index (Phi) is 17.8. The van der Waals surface area contributed by atoms with Gasteiger partial charge in [-0.25, -0.2) is 4.98 Å². The maximum Gasteiger partial charge on any atom is 0.296 e.